The summed E-state index contributed by atoms with van der Waals surface area (Å²) in [6, 6.07) is 5.24. The summed E-state index contributed by atoms with van der Waals surface area (Å²) in [6.45, 7) is -0.00180. The van der Waals surface area contributed by atoms with Crippen LogP contribution in [0.1, 0.15) is 0 Å². The second-order valence-electron chi connectivity index (χ2n) is 3.87. The Morgan fingerprint density at radius 1 is 1.35 bits per heavy atom. The molecule has 0 fully saturated rings. The quantitative estimate of drug-likeness (QED) is 0.737. The Hall–Kier alpha value is -2.37. The second-order valence-corrected chi connectivity index (χ2v) is 3.87. The van der Waals surface area contributed by atoms with Gasteiger partial charge in [0.1, 0.15) is 12.8 Å². The Morgan fingerprint density at radius 2 is 2.18 bits per heavy atom. The molecule has 0 radical (unpaired) electrons. The summed E-state index contributed by atoms with van der Waals surface area (Å²) in [7, 11) is 0. The van der Waals surface area contributed by atoms with Crippen LogP contribution in [0.3, 0.4) is 0 Å². The molecule has 1 N–H and O–H groups in total. The minimum atomic E-state index is -0.325. The van der Waals surface area contributed by atoms with Crippen molar-refractivity contribution in [3.8, 4) is 0 Å². The van der Waals surface area contributed by atoms with Gasteiger partial charge in [0.05, 0.1) is 23.3 Å². The molecule has 1 aromatic carbocycles. The molecule has 1 aliphatic rings. The fourth-order valence-electron chi connectivity index (χ4n) is 2.21. The molecule has 0 saturated carbocycles. The molecule has 1 aromatic heterocycles. The third-order valence-corrected chi connectivity index (χ3v) is 2.87. The molecule has 1 aliphatic heterocycles. The topological polar surface area (TPSA) is 73.1 Å². The van der Waals surface area contributed by atoms with Crippen LogP contribution in [0.2, 0.25) is 0 Å². The van der Waals surface area contributed by atoms with E-state index in [2.05, 4.69) is 5.32 Å². The van der Waals surface area contributed by atoms with Gasteiger partial charge in [-0.2, -0.15) is 0 Å². The molecule has 6 nitrogen and oxygen atoms in total. The summed E-state index contributed by atoms with van der Waals surface area (Å²) < 4.78 is 2.76. The molecule has 3 rings (SSSR count). The van der Waals surface area contributed by atoms with Crippen molar-refractivity contribution in [1.82, 2.24) is 9.13 Å². The van der Waals surface area contributed by atoms with Crippen LogP contribution in [-0.2, 0) is 22.7 Å². The number of benzene rings is 1. The van der Waals surface area contributed by atoms with Gasteiger partial charge in [-0.1, -0.05) is 6.07 Å². The lowest BCUT2D eigenvalue weighted by molar-refractivity contribution is -0.116. The van der Waals surface area contributed by atoms with Crippen LogP contribution in [0.15, 0.2) is 23.0 Å². The van der Waals surface area contributed by atoms with Gasteiger partial charge in [-0.05, 0) is 12.1 Å². The van der Waals surface area contributed by atoms with E-state index in [4.69, 9.17) is 0 Å². The monoisotopic (exact) mass is 231 g/mol. The average molecular weight is 231 g/mol. The first-order valence-electron chi connectivity index (χ1n) is 5.18. The van der Waals surface area contributed by atoms with E-state index in [-0.39, 0.29) is 24.7 Å². The Labute approximate surface area is 95.5 Å². The highest BCUT2D eigenvalue weighted by atomic mass is 16.2. The lowest BCUT2D eigenvalue weighted by Gasteiger charge is -2.14. The van der Waals surface area contributed by atoms with Crippen LogP contribution in [0.25, 0.3) is 11.0 Å². The predicted molar refractivity (Wildman–Crippen MR) is 60.9 cm³/mol. The van der Waals surface area contributed by atoms with Gasteiger partial charge in [-0.15, -0.1) is 0 Å². The van der Waals surface area contributed by atoms with Gasteiger partial charge in [-0.25, -0.2) is 4.79 Å². The van der Waals surface area contributed by atoms with E-state index < -0.39 is 0 Å². The number of carbonyl (C=O) groups is 2. The highest BCUT2D eigenvalue weighted by Crippen LogP contribution is 2.25. The molecule has 0 spiro atoms. The summed E-state index contributed by atoms with van der Waals surface area (Å²) in [5, 5.41) is 2.71. The van der Waals surface area contributed by atoms with Gasteiger partial charge in [0.15, 0.2) is 0 Å². The maximum absolute atomic E-state index is 12.0. The number of hydrogen-bond acceptors (Lipinski definition) is 3. The van der Waals surface area contributed by atoms with Crippen molar-refractivity contribution in [2.24, 2.45) is 0 Å². The zero-order chi connectivity index (χ0) is 12.0. The van der Waals surface area contributed by atoms with E-state index in [0.29, 0.717) is 23.0 Å². The van der Waals surface area contributed by atoms with E-state index in [1.54, 1.807) is 18.2 Å². The van der Waals surface area contributed by atoms with Crippen LogP contribution in [0.4, 0.5) is 5.69 Å². The lowest BCUT2D eigenvalue weighted by Crippen LogP contribution is -2.32. The molecule has 2 aromatic rings. The SMILES string of the molecule is O=CCn1c(=O)n2c3c(cccc31)NC(=O)C2. The number of rotatable bonds is 2. The zero-order valence-electron chi connectivity index (χ0n) is 8.84. The van der Waals surface area contributed by atoms with Gasteiger partial charge in [0, 0.05) is 0 Å². The predicted octanol–water partition coefficient (Wildman–Crippen LogP) is -0.0460. The second kappa shape index (κ2) is 3.31. The maximum atomic E-state index is 12.0. The Bertz CT molecular complexity index is 696. The summed E-state index contributed by atoms with van der Waals surface area (Å²) in [5.74, 6) is -0.226. The van der Waals surface area contributed by atoms with Crippen LogP contribution in [0, 0.1) is 0 Å². The molecular weight excluding hydrogens is 222 g/mol. The number of aromatic nitrogens is 2. The maximum Gasteiger partial charge on any atom is 0.330 e. The number of carbonyl (C=O) groups excluding carboxylic acids is 2. The number of anilines is 1. The molecule has 2 heterocycles. The molecule has 0 aliphatic carbocycles. The first kappa shape index (κ1) is 9.83. The largest absolute Gasteiger partial charge is 0.330 e. The fraction of sp³-hybridized carbons (Fsp3) is 0.182. The number of para-hydroxylation sites is 1. The summed E-state index contributed by atoms with van der Waals surface area (Å²) in [5.41, 5.74) is 1.63. The average Bonchev–Trinajstić information content (AvgIpc) is 2.57. The van der Waals surface area contributed by atoms with Crippen LogP contribution < -0.4 is 11.0 Å². The molecule has 1 amide bonds. The van der Waals surface area contributed by atoms with Crippen molar-refractivity contribution in [2.75, 3.05) is 5.32 Å². The van der Waals surface area contributed by atoms with E-state index in [0.717, 1.165) is 0 Å². The van der Waals surface area contributed by atoms with Crippen molar-refractivity contribution in [3.05, 3.63) is 28.7 Å². The van der Waals surface area contributed by atoms with Crippen molar-refractivity contribution in [2.45, 2.75) is 13.1 Å². The number of nitrogens with zero attached hydrogens (tertiary/aromatic N) is 2. The minimum absolute atomic E-state index is 0.0000227. The smallest absolute Gasteiger partial charge is 0.323 e. The molecule has 0 saturated heterocycles. The minimum Gasteiger partial charge on any atom is -0.323 e. The first-order valence-corrected chi connectivity index (χ1v) is 5.18. The first-order chi connectivity index (χ1) is 8.22. The standard InChI is InChI=1S/C11H9N3O3/c15-5-4-13-8-3-1-2-7-10(8)14(11(13)17)6-9(16)12-7/h1-3,5H,4,6H2,(H,12,16). The molecule has 0 bridgehead atoms. The molecule has 0 unspecified atom stereocenters. The number of aldehydes is 1. The third-order valence-electron chi connectivity index (χ3n) is 2.87. The molecular formula is C11H9N3O3. The van der Waals surface area contributed by atoms with Gasteiger partial charge >= 0.3 is 5.69 Å². The normalized spacial score (nSPS) is 13.8. The van der Waals surface area contributed by atoms with Crippen molar-refractivity contribution >= 4 is 28.9 Å². The molecule has 6 heteroatoms. The molecule has 17 heavy (non-hydrogen) atoms. The van der Waals surface area contributed by atoms with Gasteiger partial charge < -0.3 is 10.1 Å². The fourth-order valence-corrected chi connectivity index (χ4v) is 2.21. The summed E-state index contributed by atoms with van der Waals surface area (Å²) in [6.07, 6.45) is 0.672. The van der Waals surface area contributed by atoms with Crippen molar-refractivity contribution in [1.29, 1.82) is 0 Å². The summed E-state index contributed by atoms with van der Waals surface area (Å²) in [4.78, 5) is 34.0. The van der Waals surface area contributed by atoms with E-state index in [1.807, 2.05) is 0 Å². The van der Waals surface area contributed by atoms with Gasteiger partial charge in [0.2, 0.25) is 5.91 Å². The number of amides is 1. The van der Waals surface area contributed by atoms with E-state index in [9.17, 15) is 14.4 Å². The number of imidazole rings is 1. The van der Waals surface area contributed by atoms with Crippen LogP contribution in [-0.4, -0.2) is 21.3 Å². The Morgan fingerprint density at radius 3 is 2.94 bits per heavy atom. The van der Waals surface area contributed by atoms with Crippen molar-refractivity contribution in [3.63, 3.8) is 0 Å². The highest BCUT2D eigenvalue weighted by Gasteiger charge is 2.22. The number of hydrogen-bond donors (Lipinski definition) is 1. The third kappa shape index (κ3) is 1.24. The lowest BCUT2D eigenvalue weighted by atomic mass is 10.2. The van der Waals surface area contributed by atoms with Gasteiger partial charge in [-0.3, -0.25) is 13.9 Å². The zero-order valence-corrected chi connectivity index (χ0v) is 8.84. The number of nitrogens with one attached hydrogen (secondary N) is 1. The Balaban J connectivity index is 2.44. The molecule has 86 valence electrons. The molecule has 0 atom stereocenters. The van der Waals surface area contributed by atoms with Crippen LogP contribution in [0.5, 0.6) is 0 Å². The van der Waals surface area contributed by atoms with Crippen molar-refractivity contribution < 1.29 is 9.59 Å². The highest BCUT2D eigenvalue weighted by molar-refractivity contribution is 6.03. The van der Waals surface area contributed by atoms with Crippen LogP contribution >= 0.6 is 0 Å². The van der Waals surface area contributed by atoms with E-state index >= 15 is 0 Å². The summed E-state index contributed by atoms with van der Waals surface area (Å²) >= 11 is 0. The van der Waals surface area contributed by atoms with Gasteiger partial charge in [0.25, 0.3) is 0 Å². The Kier molecular flexibility index (Phi) is 1.91. The van der Waals surface area contributed by atoms with E-state index in [1.165, 1.54) is 9.13 Å².